The van der Waals surface area contributed by atoms with E-state index in [0.717, 1.165) is 18.5 Å². The highest BCUT2D eigenvalue weighted by atomic mass is 19.4. The van der Waals surface area contributed by atoms with Crippen LogP contribution in [0.25, 0.3) is 0 Å². The summed E-state index contributed by atoms with van der Waals surface area (Å²) in [5.41, 5.74) is 2.49. The van der Waals surface area contributed by atoms with Crippen LogP contribution < -0.4 is 5.32 Å². The minimum Gasteiger partial charge on any atom is -0.475 e. The number of likely N-dealkylation sites (tertiary alicyclic amines) is 1. The summed E-state index contributed by atoms with van der Waals surface area (Å²) in [6.45, 7) is 3.21. The van der Waals surface area contributed by atoms with Gasteiger partial charge in [0, 0.05) is 37.3 Å². The van der Waals surface area contributed by atoms with Gasteiger partial charge >= 0.3 is 12.1 Å². The van der Waals surface area contributed by atoms with Crippen LogP contribution in [-0.2, 0) is 9.59 Å². The Morgan fingerprint density at radius 1 is 1.12 bits per heavy atom. The first-order valence-corrected chi connectivity index (χ1v) is 10.4. The maximum Gasteiger partial charge on any atom is 0.490 e. The number of rotatable bonds is 2. The van der Waals surface area contributed by atoms with Crippen LogP contribution in [0, 0.1) is 6.92 Å². The molecule has 2 aromatic rings. The van der Waals surface area contributed by atoms with Gasteiger partial charge in [-0.25, -0.2) is 4.79 Å². The third kappa shape index (κ3) is 5.68. The number of benzene rings is 1. The maximum absolute atomic E-state index is 12.7. The zero-order chi connectivity index (χ0) is 24.2. The molecule has 0 bridgehead atoms. The van der Waals surface area contributed by atoms with Gasteiger partial charge in [0.05, 0.1) is 11.1 Å². The fourth-order valence-electron chi connectivity index (χ4n) is 4.28. The molecule has 2 fully saturated rings. The Balaban J connectivity index is 0.000000383. The number of halogens is 3. The number of carboxylic acid groups (broad SMARTS) is 1. The van der Waals surface area contributed by atoms with Crippen molar-refractivity contribution in [3.63, 3.8) is 0 Å². The van der Waals surface area contributed by atoms with E-state index in [2.05, 4.69) is 22.4 Å². The number of aryl methyl sites for hydroxylation is 1. The van der Waals surface area contributed by atoms with E-state index in [1.54, 1.807) is 6.20 Å². The van der Waals surface area contributed by atoms with Crippen molar-refractivity contribution >= 4 is 17.8 Å². The van der Waals surface area contributed by atoms with E-state index < -0.39 is 12.1 Å². The summed E-state index contributed by atoms with van der Waals surface area (Å²) in [6, 6.07) is 13.9. The first-order chi connectivity index (χ1) is 15.5. The highest BCUT2D eigenvalue weighted by Gasteiger charge is 2.49. The van der Waals surface area contributed by atoms with Gasteiger partial charge < -0.3 is 15.3 Å². The summed E-state index contributed by atoms with van der Waals surface area (Å²) in [7, 11) is 0. The van der Waals surface area contributed by atoms with Crippen molar-refractivity contribution < 1.29 is 32.7 Å². The summed E-state index contributed by atoms with van der Waals surface area (Å²) >= 11 is 0. The number of aliphatic carboxylic acids is 1. The van der Waals surface area contributed by atoms with Crippen LogP contribution >= 0.6 is 0 Å². The van der Waals surface area contributed by atoms with Gasteiger partial charge in [0.25, 0.3) is 5.91 Å². The predicted molar refractivity (Wildman–Crippen MR) is 112 cm³/mol. The average Bonchev–Trinajstić information content (AvgIpc) is 3.10. The molecule has 2 N–H and O–H groups in total. The predicted octanol–water partition coefficient (Wildman–Crippen LogP) is 3.30. The number of aromatic nitrogens is 1. The van der Waals surface area contributed by atoms with Gasteiger partial charge in [0.15, 0.2) is 0 Å². The summed E-state index contributed by atoms with van der Waals surface area (Å²) in [6.07, 6.45) is -1.35. The Labute approximate surface area is 188 Å². The lowest BCUT2D eigenvalue weighted by Gasteiger charge is -2.43. The molecule has 4 rings (SSSR count). The van der Waals surface area contributed by atoms with E-state index in [4.69, 9.17) is 9.90 Å². The molecule has 3 heterocycles. The fraction of sp³-hybridized carbons (Fsp3) is 0.391. The van der Waals surface area contributed by atoms with E-state index in [1.165, 1.54) is 5.56 Å². The van der Waals surface area contributed by atoms with E-state index in [0.29, 0.717) is 25.1 Å². The number of nitrogens with one attached hydrogen (secondary N) is 1. The second-order valence-corrected chi connectivity index (χ2v) is 8.16. The zero-order valence-corrected chi connectivity index (χ0v) is 17.9. The summed E-state index contributed by atoms with van der Waals surface area (Å²) < 4.78 is 31.7. The van der Waals surface area contributed by atoms with Crippen LogP contribution in [0.3, 0.4) is 0 Å². The molecule has 2 aliphatic heterocycles. The molecule has 0 radical (unpaired) electrons. The van der Waals surface area contributed by atoms with Crippen molar-refractivity contribution in [3.05, 3.63) is 65.5 Å². The third-order valence-electron chi connectivity index (χ3n) is 5.99. The molecular weight excluding hydrogens is 439 g/mol. The number of carboxylic acids is 1. The van der Waals surface area contributed by atoms with Crippen molar-refractivity contribution in [1.82, 2.24) is 15.2 Å². The number of hydrogen-bond donors (Lipinski definition) is 2. The average molecular weight is 463 g/mol. The molecule has 2 saturated heterocycles. The first kappa shape index (κ1) is 24.2. The number of pyridine rings is 1. The largest absolute Gasteiger partial charge is 0.490 e. The monoisotopic (exact) mass is 463 g/mol. The number of amides is 2. The Morgan fingerprint density at radius 2 is 1.73 bits per heavy atom. The molecular formula is C23H24F3N3O4. The van der Waals surface area contributed by atoms with Crippen molar-refractivity contribution in [2.24, 2.45) is 0 Å². The molecule has 7 nitrogen and oxygen atoms in total. The zero-order valence-electron chi connectivity index (χ0n) is 17.9. The number of hydrogen-bond acceptors (Lipinski definition) is 4. The number of carbonyl (C=O) groups is 3. The topological polar surface area (TPSA) is 99.6 Å². The van der Waals surface area contributed by atoms with Crippen LogP contribution in [0.5, 0.6) is 0 Å². The SMILES string of the molecule is Cc1ccc(C(=O)N2CCC3(CC2)NC(=O)CC3c2ccccc2)cn1.O=C(O)C(F)(F)F. The second kappa shape index (κ2) is 9.60. The van der Waals surface area contributed by atoms with Crippen molar-refractivity contribution in [3.8, 4) is 0 Å². The van der Waals surface area contributed by atoms with Crippen LogP contribution in [0.4, 0.5) is 13.2 Å². The summed E-state index contributed by atoms with van der Waals surface area (Å²) in [5, 5.41) is 10.4. The van der Waals surface area contributed by atoms with Crippen molar-refractivity contribution in [2.75, 3.05) is 13.1 Å². The summed E-state index contributed by atoms with van der Waals surface area (Å²) in [5.74, 6) is -2.45. The second-order valence-electron chi connectivity index (χ2n) is 8.16. The Hall–Kier alpha value is -3.43. The van der Waals surface area contributed by atoms with Gasteiger partial charge in [-0.3, -0.25) is 14.6 Å². The molecule has 2 aliphatic rings. The Morgan fingerprint density at radius 3 is 2.24 bits per heavy atom. The highest BCUT2D eigenvalue weighted by molar-refractivity contribution is 5.94. The summed E-state index contributed by atoms with van der Waals surface area (Å²) in [4.78, 5) is 39.9. The van der Waals surface area contributed by atoms with Gasteiger partial charge in [-0.1, -0.05) is 30.3 Å². The van der Waals surface area contributed by atoms with E-state index in [-0.39, 0.29) is 23.3 Å². The highest BCUT2D eigenvalue weighted by Crippen LogP contribution is 2.43. The van der Waals surface area contributed by atoms with Gasteiger partial charge in [0.1, 0.15) is 0 Å². The normalized spacial score (nSPS) is 19.5. The molecule has 0 aliphatic carbocycles. The lowest BCUT2D eigenvalue weighted by atomic mass is 9.74. The minimum atomic E-state index is -5.08. The van der Waals surface area contributed by atoms with Gasteiger partial charge in [-0.05, 0) is 37.5 Å². The minimum absolute atomic E-state index is 0.0212. The molecule has 10 heteroatoms. The standard InChI is InChI=1S/C21H23N3O2.C2HF3O2/c1-15-7-8-17(14-22-15)20(26)24-11-9-21(10-12-24)18(13-19(25)23-21)16-5-3-2-4-6-16;3-2(4,5)1(6)7/h2-8,14,18H,9-13H2,1H3,(H,23,25);(H,6,7). The Bertz CT molecular complexity index is 1000. The number of piperidine rings is 1. The number of nitrogens with zero attached hydrogens (tertiary/aromatic N) is 2. The van der Waals surface area contributed by atoms with Crippen molar-refractivity contribution in [2.45, 2.75) is 43.8 Å². The molecule has 1 spiro atoms. The lowest BCUT2D eigenvalue weighted by Crippen LogP contribution is -2.54. The molecule has 176 valence electrons. The van der Waals surface area contributed by atoms with Gasteiger partial charge in [0.2, 0.25) is 5.91 Å². The molecule has 1 atom stereocenters. The van der Waals surface area contributed by atoms with Crippen LogP contribution in [0.2, 0.25) is 0 Å². The lowest BCUT2D eigenvalue weighted by molar-refractivity contribution is -0.192. The van der Waals surface area contributed by atoms with E-state index in [9.17, 15) is 22.8 Å². The van der Waals surface area contributed by atoms with Crippen molar-refractivity contribution in [1.29, 1.82) is 0 Å². The van der Waals surface area contributed by atoms with Crippen LogP contribution in [0.15, 0.2) is 48.7 Å². The molecule has 1 aromatic heterocycles. The number of carbonyl (C=O) groups excluding carboxylic acids is 2. The quantitative estimate of drug-likeness (QED) is 0.712. The first-order valence-electron chi connectivity index (χ1n) is 10.4. The molecule has 1 unspecified atom stereocenters. The molecule has 33 heavy (non-hydrogen) atoms. The molecule has 0 saturated carbocycles. The van der Waals surface area contributed by atoms with Crippen LogP contribution in [-0.4, -0.2) is 57.6 Å². The third-order valence-corrected chi connectivity index (χ3v) is 5.99. The molecule has 2 amide bonds. The van der Waals surface area contributed by atoms with Gasteiger partial charge in [-0.2, -0.15) is 13.2 Å². The van der Waals surface area contributed by atoms with Crippen LogP contribution in [0.1, 0.15) is 46.8 Å². The maximum atomic E-state index is 12.7. The molecule has 1 aromatic carbocycles. The van der Waals surface area contributed by atoms with E-state index >= 15 is 0 Å². The number of alkyl halides is 3. The Kier molecular flexibility index (Phi) is 7.04. The van der Waals surface area contributed by atoms with Gasteiger partial charge in [-0.15, -0.1) is 0 Å². The smallest absolute Gasteiger partial charge is 0.475 e. The fourth-order valence-corrected chi connectivity index (χ4v) is 4.28. The van der Waals surface area contributed by atoms with E-state index in [1.807, 2.05) is 42.2 Å².